The minimum atomic E-state index is 0.327. The van der Waals surface area contributed by atoms with Gasteiger partial charge >= 0.3 is 0 Å². The Morgan fingerprint density at radius 3 is 2.83 bits per heavy atom. The molecule has 12 heavy (non-hydrogen) atoms. The van der Waals surface area contributed by atoms with Crippen molar-refractivity contribution in [2.24, 2.45) is 5.92 Å². The Bertz CT molecular complexity index is 156. The first-order chi connectivity index (χ1) is 5.77. The van der Waals surface area contributed by atoms with Gasteiger partial charge in [-0.1, -0.05) is 20.3 Å². The lowest BCUT2D eigenvalue weighted by Crippen LogP contribution is -2.27. The van der Waals surface area contributed by atoms with E-state index in [0.29, 0.717) is 12.3 Å². The van der Waals surface area contributed by atoms with Gasteiger partial charge in [0.25, 0.3) is 0 Å². The van der Waals surface area contributed by atoms with Crippen molar-refractivity contribution in [2.45, 2.75) is 39.5 Å². The molecule has 0 aromatic carbocycles. The lowest BCUT2D eigenvalue weighted by atomic mass is 10.0. The molecule has 1 saturated heterocycles. The molecule has 1 fully saturated rings. The van der Waals surface area contributed by atoms with E-state index in [0.717, 1.165) is 19.0 Å². The van der Waals surface area contributed by atoms with Gasteiger partial charge < -0.3 is 4.90 Å². The number of hydrogen-bond donors (Lipinski definition) is 0. The summed E-state index contributed by atoms with van der Waals surface area (Å²) in [5, 5.41) is 0. The van der Waals surface area contributed by atoms with Gasteiger partial charge in [0.2, 0.25) is 5.91 Å². The maximum absolute atomic E-state index is 11.3. The first kappa shape index (κ1) is 9.56. The molecule has 0 radical (unpaired) electrons. The van der Waals surface area contributed by atoms with Gasteiger partial charge in [-0.3, -0.25) is 4.79 Å². The second-order valence-electron chi connectivity index (χ2n) is 3.64. The summed E-state index contributed by atoms with van der Waals surface area (Å²) < 4.78 is 0. The van der Waals surface area contributed by atoms with E-state index < -0.39 is 0 Å². The molecule has 0 aromatic rings. The normalized spacial score (nSPS) is 23.2. The number of carbonyl (C=O) groups is 1. The van der Waals surface area contributed by atoms with Crippen LogP contribution in [0.3, 0.4) is 0 Å². The Labute approximate surface area is 74.9 Å². The Hall–Kier alpha value is -0.530. The van der Waals surface area contributed by atoms with Crippen molar-refractivity contribution < 1.29 is 4.79 Å². The first-order valence-electron chi connectivity index (χ1n) is 5.05. The second kappa shape index (κ2) is 4.48. The molecule has 1 rings (SSSR count). The van der Waals surface area contributed by atoms with Crippen LogP contribution in [-0.2, 0) is 4.79 Å². The summed E-state index contributed by atoms with van der Waals surface area (Å²) >= 11 is 0. The summed E-state index contributed by atoms with van der Waals surface area (Å²) in [5.74, 6) is 1.11. The summed E-state index contributed by atoms with van der Waals surface area (Å²) in [6.45, 7) is 6.16. The smallest absolute Gasteiger partial charge is 0.222 e. The molecule has 1 unspecified atom stereocenters. The minimum Gasteiger partial charge on any atom is -0.342 e. The molecule has 2 heteroatoms. The number of hydrogen-bond acceptors (Lipinski definition) is 1. The van der Waals surface area contributed by atoms with Crippen LogP contribution in [0.1, 0.15) is 39.5 Å². The molecule has 0 aliphatic carbocycles. The van der Waals surface area contributed by atoms with Crippen LogP contribution in [0, 0.1) is 5.92 Å². The Balaban J connectivity index is 2.30. The largest absolute Gasteiger partial charge is 0.342 e. The van der Waals surface area contributed by atoms with Crippen LogP contribution in [0.25, 0.3) is 0 Å². The van der Waals surface area contributed by atoms with Crippen LogP contribution in [-0.4, -0.2) is 23.9 Å². The van der Waals surface area contributed by atoms with Crippen molar-refractivity contribution in [1.82, 2.24) is 4.90 Å². The van der Waals surface area contributed by atoms with Gasteiger partial charge in [0.05, 0.1) is 0 Å². The maximum atomic E-state index is 11.3. The summed E-state index contributed by atoms with van der Waals surface area (Å²) in [7, 11) is 0. The highest BCUT2D eigenvalue weighted by atomic mass is 16.2. The van der Waals surface area contributed by atoms with E-state index >= 15 is 0 Å². The third kappa shape index (κ3) is 2.23. The van der Waals surface area contributed by atoms with Crippen molar-refractivity contribution in [3.8, 4) is 0 Å². The molecule has 1 aliphatic heterocycles. The average molecular weight is 169 g/mol. The van der Waals surface area contributed by atoms with E-state index in [4.69, 9.17) is 0 Å². The summed E-state index contributed by atoms with van der Waals surface area (Å²) in [5.41, 5.74) is 0. The summed E-state index contributed by atoms with van der Waals surface area (Å²) in [6, 6.07) is 0. The zero-order chi connectivity index (χ0) is 8.97. The molecule has 1 aliphatic rings. The summed E-state index contributed by atoms with van der Waals surface area (Å²) in [4.78, 5) is 13.3. The fourth-order valence-electron chi connectivity index (χ4n) is 1.93. The molecule has 2 nitrogen and oxygen atoms in total. The van der Waals surface area contributed by atoms with Crippen LogP contribution in [0.2, 0.25) is 0 Å². The topological polar surface area (TPSA) is 20.3 Å². The van der Waals surface area contributed by atoms with Gasteiger partial charge in [-0.25, -0.2) is 0 Å². The Morgan fingerprint density at radius 1 is 1.50 bits per heavy atom. The van der Waals surface area contributed by atoms with Crippen molar-refractivity contribution >= 4 is 5.91 Å². The number of likely N-dealkylation sites (tertiary alicyclic amines) is 1. The first-order valence-corrected chi connectivity index (χ1v) is 5.05. The molecule has 0 aromatic heterocycles. The lowest BCUT2D eigenvalue weighted by Gasteiger charge is -2.14. The fourth-order valence-corrected chi connectivity index (χ4v) is 1.93. The highest BCUT2D eigenvalue weighted by Crippen LogP contribution is 2.20. The van der Waals surface area contributed by atoms with Crippen LogP contribution < -0.4 is 0 Å². The van der Waals surface area contributed by atoms with E-state index in [1.165, 1.54) is 19.3 Å². The zero-order valence-electron chi connectivity index (χ0n) is 8.18. The predicted molar refractivity (Wildman–Crippen MR) is 49.9 cm³/mol. The molecular weight excluding hydrogens is 150 g/mol. The van der Waals surface area contributed by atoms with E-state index in [9.17, 15) is 4.79 Å². The summed E-state index contributed by atoms with van der Waals surface area (Å²) in [6.07, 6.45) is 4.42. The van der Waals surface area contributed by atoms with Crippen molar-refractivity contribution in [1.29, 1.82) is 0 Å². The number of amides is 1. The van der Waals surface area contributed by atoms with Gasteiger partial charge in [0, 0.05) is 19.5 Å². The van der Waals surface area contributed by atoms with Crippen LogP contribution in [0.15, 0.2) is 0 Å². The van der Waals surface area contributed by atoms with Gasteiger partial charge in [-0.2, -0.15) is 0 Å². The standard InChI is InChI=1S/C10H19NO/c1-3-5-9-6-7-11(8-9)10(12)4-2/h9H,3-8H2,1-2H3. The van der Waals surface area contributed by atoms with Crippen molar-refractivity contribution in [2.75, 3.05) is 13.1 Å². The SMILES string of the molecule is CCCC1CCN(C(=O)CC)C1. The molecule has 0 N–H and O–H groups in total. The van der Waals surface area contributed by atoms with Crippen LogP contribution >= 0.6 is 0 Å². The van der Waals surface area contributed by atoms with E-state index in [-0.39, 0.29) is 0 Å². The maximum Gasteiger partial charge on any atom is 0.222 e. The molecule has 1 amide bonds. The van der Waals surface area contributed by atoms with Crippen LogP contribution in [0.4, 0.5) is 0 Å². The third-order valence-corrected chi connectivity index (χ3v) is 2.64. The number of carbonyl (C=O) groups excluding carboxylic acids is 1. The highest BCUT2D eigenvalue weighted by molar-refractivity contribution is 5.76. The fraction of sp³-hybridized carbons (Fsp3) is 0.900. The Morgan fingerprint density at radius 2 is 2.25 bits per heavy atom. The van der Waals surface area contributed by atoms with E-state index in [1.807, 2.05) is 11.8 Å². The number of rotatable bonds is 3. The highest BCUT2D eigenvalue weighted by Gasteiger charge is 2.23. The van der Waals surface area contributed by atoms with Gasteiger partial charge in [0.15, 0.2) is 0 Å². The molecule has 1 heterocycles. The van der Waals surface area contributed by atoms with Crippen LogP contribution in [0.5, 0.6) is 0 Å². The zero-order valence-corrected chi connectivity index (χ0v) is 8.18. The molecule has 0 saturated carbocycles. The molecular formula is C10H19NO. The van der Waals surface area contributed by atoms with Crippen molar-refractivity contribution in [3.05, 3.63) is 0 Å². The van der Waals surface area contributed by atoms with Crippen molar-refractivity contribution in [3.63, 3.8) is 0 Å². The molecule has 0 spiro atoms. The monoisotopic (exact) mass is 169 g/mol. The Kier molecular flexibility index (Phi) is 3.57. The quantitative estimate of drug-likeness (QED) is 0.633. The average Bonchev–Trinajstić information content (AvgIpc) is 2.52. The third-order valence-electron chi connectivity index (χ3n) is 2.64. The molecule has 1 atom stereocenters. The van der Waals surface area contributed by atoms with E-state index in [1.54, 1.807) is 0 Å². The lowest BCUT2D eigenvalue weighted by molar-refractivity contribution is -0.129. The van der Waals surface area contributed by atoms with Gasteiger partial charge in [0.1, 0.15) is 0 Å². The van der Waals surface area contributed by atoms with E-state index in [2.05, 4.69) is 6.92 Å². The minimum absolute atomic E-state index is 0.327. The predicted octanol–water partition coefficient (Wildman–Crippen LogP) is 2.04. The molecule has 0 bridgehead atoms. The number of nitrogens with zero attached hydrogens (tertiary/aromatic N) is 1. The van der Waals surface area contributed by atoms with Gasteiger partial charge in [-0.15, -0.1) is 0 Å². The second-order valence-corrected chi connectivity index (χ2v) is 3.64. The molecule has 70 valence electrons. The van der Waals surface area contributed by atoms with Gasteiger partial charge in [-0.05, 0) is 18.8 Å².